The molecular weight excluding hydrogens is 472 g/mol. The fourth-order valence-electron chi connectivity index (χ4n) is 4.86. The molecule has 196 valence electrons. The number of hydrogen-bond donors (Lipinski definition) is 1. The lowest BCUT2D eigenvalue weighted by molar-refractivity contribution is -0.138. The molecule has 2 aromatic rings. The van der Waals surface area contributed by atoms with Crippen molar-refractivity contribution in [3.05, 3.63) is 47.7 Å². The van der Waals surface area contributed by atoms with Crippen LogP contribution in [0.5, 0.6) is 5.88 Å². The van der Waals surface area contributed by atoms with Crippen molar-refractivity contribution in [2.75, 3.05) is 40.0 Å². The molecule has 1 aromatic heterocycles. The average Bonchev–Trinajstić information content (AvgIpc) is 2.94. The number of hydrogen-bond acceptors (Lipinski definition) is 7. The third kappa shape index (κ3) is 5.92. The number of ether oxygens (including phenoxy) is 2. The van der Waals surface area contributed by atoms with Crippen LogP contribution in [0.4, 0.5) is 0 Å². The van der Waals surface area contributed by atoms with E-state index in [-0.39, 0.29) is 41.7 Å². The Morgan fingerprint density at radius 2 is 2.05 bits per heavy atom. The maximum absolute atomic E-state index is 13.7. The number of aromatic nitrogens is 1. The summed E-state index contributed by atoms with van der Waals surface area (Å²) in [5.74, 6) is -0.196. The highest BCUT2D eigenvalue weighted by Gasteiger charge is 2.35. The largest absolute Gasteiger partial charge is 0.472 e. The predicted octanol–water partition coefficient (Wildman–Crippen LogP) is 2.73. The zero-order valence-corrected chi connectivity index (χ0v) is 21.6. The van der Waals surface area contributed by atoms with Gasteiger partial charge in [0.15, 0.2) is 0 Å². The van der Waals surface area contributed by atoms with Gasteiger partial charge in [-0.1, -0.05) is 19.1 Å². The lowest BCUT2D eigenvalue weighted by Crippen LogP contribution is -2.51. The quantitative estimate of drug-likeness (QED) is 0.640. The Hall–Kier alpha value is -3.48. The Bertz CT molecular complexity index is 1170. The summed E-state index contributed by atoms with van der Waals surface area (Å²) in [6.45, 7) is 5.49. The highest BCUT2D eigenvalue weighted by molar-refractivity contribution is 5.98. The van der Waals surface area contributed by atoms with Gasteiger partial charge < -0.3 is 24.4 Å². The van der Waals surface area contributed by atoms with E-state index >= 15 is 0 Å². The van der Waals surface area contributed by atoms with Gasteiger partial charge in [0.05, 0.1) is 30.8 Å². The van der Waals surface area contributed by atoms with Crippen LogP contribution in [0.15, 0.2) is 36.5 Å². The monoisotopic (exact) mass is 506 g/mol. The van der Waals surface area contributed by atoms with E-state index in [9.17, 15) is 20.0 Å². The molecule has 37 heavy (non-hydrogen) atoms. The molecule has 3 heterocycles. The second-order valence-corrected chi connectivity index (χ2v) is 10.00. The van der Waals surface area contributed by atoms with Gasteiger partial charge in [0.25, 0.3) is 5.91 Å². The van der Waals surface area contributed by atoms with Crippen molar-refractivity contribution in [1.29, 1.82) is 5.26 Å². The number of carbonyl (C=O) groups is 2. The SMILES string of the molecule is C[C@H](CO)N1C[C@H](C)[C@@H](CN(C)C(=O)C2CCOCC2)Oc2ncc(-c3cccc(C#N)c3)cc2C1=O. The first-order chi connectivity index (χ1) is 17.8. The summed E-state index contributed by atoms with van der Waals surface area (Å²) in [5.41, 5.74) is 2.24. The van der Waals surface area contributed by atoms with Gasteiger partial charge in [-0.25, -0.2) is 4.98 Å². The Balaban J connectivity index is 1.66. The standard InChI is InChI=1S/C28H34N4O5/c1-18-15-32(19(2)17-33)28(35)24-12-23(22-6-4-5-20(11-22)13-29)14-30-26(24)37-25(18)16-31(3)27(34)21-7-9-36-10-8-21/h4-6,11-12,14,18-19,21,25,33H,7-10,15-17H2,1-3H3/t18-,19+,25+/m0/s1. The number of nitrogens with zero attached hydrogens (tertiary/aromatic N) is 4. The molecule has 1 fully saturated rings. The molecular formula is C28H34N4O5. The second kappa shape index (κ2) is 11.7. The minimum absolute atomic E-state index is 0.0627. The van der Waals surface area contributed by atoms with Crippen molar-refractivity contribution in [2.45, 2.75) is 38.8 Å². The summed E-state index contributed by atoms with van der Waals surface area (Å²) in [6, 6.07) is 10.5. The Labute approximate surface area is 217 Å². The highest BCUT2D eigenvalue weighted by atomic mass is 16.5. The Morgan fingerprint density at radius 1 is 1.30 bits per heavy atom. The Morgan fingerprint density at radius 3 is 2.76 bits per heavy atom. The zero-order chi connectivity index (χ0) is 26.5. The van der Waals surface area contributed by atoms with Gasteiger partial charge in [0.2, 0.25) is 11.8 Å². The maximum Gasteiger partial charge on any atom is 0.259 e. The van der Waals surface area contributed by atoms with Crippen molar-refractivity contribution in [3.63, 3.8) is 0 Å². The second-order valence-electron chi connectivity index (χ2n) is 10.00. The van der Waals surface area contributed by atoms with Gasteiger partial charge >= 0.3 is 0 Å². The first kappa shape index (κ1) is 26.6. The number of nitriles is 1. The summed E-state index contributed by atoms with van der Waals surface area (Å²) in [5, 5.41) is 19.2. The van der Waals surface area contributed by atoms with Crippen LogP contribution in [0.3, 0.4) is 0 Å². The topological polar surface area (TPSA) is 116 Å². The van der Waals surface area contributed by atoms with Crippen LogP contribution in [0.25, 0.3) is 11.1 Å². The number of carbonyl (C=O) groups excluding carboxylic acids is 2. The number of fused-ring (bicyclic) bond motifs is 1. The van der Waals surface area contributed by atoms with Crippen LogP contribution in [0.2, 0.25) is 0 Å². The summed E-state index contributed by atoms with van der Waals surface area (Å²) in [7, 11) is 1.78. The molecule has 1 saturated heterocycles. The first-order valence-corrected chi connectivity index (χ1v) is 12.7. The summed E-state index contributed by atoms with van der Waals surface area (Å²) >= 11 is 0. The van der Waals surface area contributed by atoms with E-state index in [1.54, 1.807) is 54.2 Å². The fourth-order valence-corrected chi connectivity index (χ4v) is 4.86. The van der Waals surface area contributed by atoms with E-state index in [4.69, 9.17) is 9.47 Å². The molecule has 1 aromatic carbocycles. The van der Waals surface area contributed by atoms with Crippen LogP contribution in [-0.2, 0) is 9.53 Å². The molecule has 0 aliphatic carbocycles. The number of likely N-dealkylation sites (N-methyl/N-ethyl adjacent to an activating group) is 1. The van der Waals surface area contributed by atoms with E-state index in [1.807, 2.05) is 13.0 Å². The maximum atomic E-state index is 13.7. The molecule has 9 nitrogen and oxygen atoms in total. The first-order valence-electron chi connectivity index (χ1n) is 12.7. The fraction of sp³-hybridized carbons (Fsp3) is 0.500. The number of pyridine rings is 1. The average molecular weight is 507 g/mol. The van der Waals surface area contributed by atoms with Gasteiger partial charge in [-0.3, -0.25) is 9.59 Å². The predicted molar refractivity (Wildman–Crippen MR) is 137 cm³/mol. The molecule has 0 spiro atoms. The molecule has 0 saturated carbocycles. The van der Waals surface area contributed by atoms with Gasteiger partial charge in [-0.05, 0) is 43.5 Å². The number of rotatable bonds is 6. The molecule has 0 bridgehead atoms. The normalized spacial score (nSPS) is 21.2. The van der Waals surface area contributed by atoms with E-state index < -0.39 is 12.1 Å². The smallest absolute Gasteiger partial charge is 0.259 e. The molecule has 2 aliphatic rings. The summed E-state index contributed by atoms with van der Waals surface area (Å²) in [4.78, 5) is 34.6. The molecule has 1 N–H and O–H groups in total. The van der Waals surface area contributed by atoms with Crippen LogP contribution >= 0.6 is 0 Å². The summed E-state index contributed by atoms with van der Waals surface area (Å²) < 4.78 is 11.7. The van der Waals surface area contributed by atoms with E-state index in [0.717, 1.165) is 5.56 Å². The minimum Gasteiger partial charge on any atom is -0.472 e. The van der Waals surface area contributed by atoms with Crippen molar-refractivity contribution >= 4 is 11.8 Å². The van der Waals surface area contributed by atoms with Crippen molar-refractivity contribution in [3.8, 4) is 23.1 Å². The van der Waals surface area contributed by atoms with E-state index in [1.165, 1.54) is 0 Å². The van der Waals surface area contributed by atoms with Crippen LogP contribution in [-0.4, -0.2) is 83.8 Å². The molecule has 9 heteroatoms. The van der Waals surface area contributed by atoms with E-state index in [0.29, 0.717) is 50.3 Å². The van der Waals surface area contributed by atoms with E-state index in [2.05, 4.69) is 11.1 Å². The molecule has 3 atom stereocenters. The molecule has 2 aliphatic heterocycles. The lowest BCUT2D eigenvalue weighted by atomic mass is 9.96. The lowest BCUT2D eigenvalue weighted by Gasteiger charge is -2.38. The van der Waals surface area contributed by atoms with Crippen molar-refractivity contribution in [1.82, 2.24) is 14.8 Å². The van der Waals surface area contributed by atoms with Crippen molar-refractivity contribution < 1.29 is 24.2 Å². The summed E-state index contributed by atoms with van der Waals surface area (Å²) in [6.07, 6.45) is 2.64. The van der Waals surface area contributed by atoms with Gasteiger partial charge in [0, 0.05) is 50.4 Å². The molecule has 0 radical (unpaired) electrons. The van der Waals surface area contributed by atoms with Gasteiger partial charge in [-0.15, -0.1) is 0 Å². The third-order valence-corrected chi connectivity index (χ3v) is 7.25. The van der Waals surface area contributed by atoms with Crippen LogP contribution in [0, 0.1) is 23.2 Å². The third-order valence-electron chi connectivity index (χ3n) is 7.25. The van der Waals surface area contributed by atoms with Crippen LogP contribution < -0.4 is 4.74 Å². The number of benzene rings is 1. The Kier molecular flexibility index (Phi) is 8.41. The van der Waals surface area contributed by atoms with Gasteiger partial charge in [0.1, 0.15) is 11.7 Å². The number of aliphatic hydroxyl groups excluding tert-OH is 1. The number of amides is 2. The minimum atomic E-state index is -0.409. The highest BCUT2D eigenvalue weighted by Crippen LogP contribution is 2.31. The molecule has 0 unspecified atom stereocenters. The molecule has 4 rings (SSSR count). The molecule has 2 amide bonds. The van der Waals surface area contributed by atoms with Gasteiger partial charge in [-0.2, -0.15) is 5.26 Å². The zero-order valence-electron chi connectivity index (χ0n) is 21.6. The van der Waals surface area contributed by atoms with Crippen molar-refractivity contribution in [2.24, 2.45) is 11.8 Å². The number of aliphatic hydroxyl groups is 1. The van der Waals surface area contributed by atoms with Crippen LogP contribution in [0.1, 0.15) is 42.6 Å².